The van der Waals surface area contributed by atoms with Crippen LogP contribution in [-0.4, -0.2) is 47.6 Å². The molecule has 11 nitrogen and oxygen atoms in total. The summed E-state index contributed by atoms with van der Waals surface area (Å²) in [5.74, 6) is 1.53. The Morgan fingerprint density at radius 1 is 0.807 bits per heavy atom. The van der Waals surface area contributed by atoms with Gasteiger partial charge >= 0.3 is 0 Å². The van der Waals surface area contributed by atoms with E-state index >= 15 is 0 Å². The lowest BCUT2D eigenvalue weighted by Gasteiger charge is -2.16. The van der Waals surface area contributed by atoms with Gasteiger partial charge in [0.1, 0.15) is 17.2 Å². The molecule has 0 radical (unpaired) electrons. The first kappa shape index (κ1) is 41.3. The topological polar surface area (TPSA) is 129 Å². The lowest BCUT2D eigenvalue weighted by Crippen LogP contribution is -2.12. The summed E-state index contributed by atoms with van der Waals surface area (Å²) < 4.78 is 16.3. The number of aromatic hydroxyl groups is 1. The summed E-state index contributed by atoms with van der Waals surface area (Å²) in [4.78, 5) is 13.8. The lowest BCUT2D eigenvalue weighted by atomic mass is 10.0. The van der Waals surface area contributed by atoms with E-state index in [9.17, 15) is 9.90 Å². The molecule has 6 rings (SSSR count). The number of carbonyl (C=O) groups excluding carboxylic acids is 1. The monoisotopic (exact) mass is 789 g/mol. The third-order valence-corrected chi connectivity index (χ3v) is 11.1. The predicted octanol–water partition coefficient (Wildman–Crippen LogP) is 11.5. The zero-order valence-electron chi connectivity index (χ0n) is 33.5. The molecule has 0 aliphatic carbocycles. The van der Waals surface area contributed by atoms with Crippen molar-refractivity contribution >= 4 is 34.1 Å². The summed E-state index contributed by atoms with van der Waals surface area (Å²) in [5.41, 5.74) is 3.10. The van der Waals surface area contributed by atoms with Gasteiger partial charge in [-0.1, -0.05) is 132 Å². The molecule has 1 amide bonds. The van der Waals surface area contributed by atoms with Crippen molar-refractivity contribution in [2.75, 3.05) is 11.9 Å². The van der Waals surface area contributed by atoms with Crippen molar-refractivity contribution in [2.24, 2.45) is 0 Å². The number of fused-ring (bicyclic) bond motifs is 1. The Hall–Kier alpha value is -5.36. The van der Waals surface area contributed by atoms with Crippen LogP contribution in [-0.2, 0) is 12.3 Å². The van der Waals surface area contributed by atoms with Gasteiger partial charge in [-0.3, -0.25) is 4.79 Å². The average molecular weight is 790 g/mol. The van der Waals surface area contributed by atoms with Crippen LogP contribution in [0.25, 0.3) is 16.5 Å². The molecule has 2 aromatic heterocycles. The fraction of sp³-hybridized carbons (Fsp3) is 0.400. The Labute approximate surface area is 340 Å². The number of nitrogens with zero attached hydrogens (tertiary/aromatic N) is 6. The van der Waals surface area contributed by atoms with Gasteiger partial charge in [-0.15, -0.1) is 5.10 Å². The second-order valence-corrected chi connectivity index (χ2v) is 15.3. The molecule has 300 valence electrons. The van der Waals surface area contributed by atoms with Crippen LogP contribution in [0.5, 0.6) is 23.1 Å². The van der Waals surface area contributed by atoms with Crippen LogP contribution in [0, 0.1) is 6.92 Å². The van der Waals surface area contributed by atoms with Crippen molar-refractivity contribution in [2.45, 2.75) is 115 Å². The van der Waals surface area contributed by atoms with Gasteiger partial charge in [0.15, 0.2) is 0 Å². The van der Waals surface area contributed by atoms with Crippen molar-refractivity contribution < 1.29 is 19.4 Å². The normalized spacial score (nSPS) is 11.3. The number of hydrogen-bond acceptors (Lipinski definition) is 9. The molecule has 0 saturated carbocycles. The zero-order chi connectivity index (χ0) is 39.8. The van der Waals surface area contributed by atoms with Crippen LogP contribution >= 0.6 is 11.8 Å². The van der Waals surface area contributed by atoms with Gasteiger partial charge in [-0.2, -0.15) is 5.10 Å². The van der Waals surface area contributed by atoms with Crippen LogP contribution in [0.4, 0.5) is 5.69 Å². The quantitative estimate of drug-likeness (QED) is 0.0481. The number of hydrogen-bond donors (Lipinski definition) is 2. The highest BCUT2D eigenvalue weighted by molar-refractivity contribution is 7.98. The third-order valence-electron chi connectivity index (χ3n) is 10.1. The molecular formula is C45H55N7O4S. The molecule has 0 atom stereocenters. The molecular weight excluding hydrogens is 735 g/mol. The van der Waals surface area contributed by atoms with E-state index in [1.54, 1.807) is 21.5 Å². The van der Waals surface area contributed by atoms with Gasteiger partial charge in [0.25, 0.3) is 5.91 Å². The number of nitrogens with one attached hydrogen (secondary N) is 1. The first-order valence-corrected chi connectivity index (χ1v) is 21.4. The number of benzene rings is 4. The average Bonchev–Trinajstić information content (AvgIpc) is 3.83. The molecule has 6 aromatic rings. The van der Waals surface area contributed by atoms with Crippen LogP contribution in [0.15, 0.2) is 90.1 Å². The highest BCUT2D eigenvalue weighted by atomic mass is 32.2. The van der Waals surface area contributed by atoms with E-state index in [0.717, 1.165) is 29.1 Å². The van der Waals surface area contributed by atoms with Gasteiger partial charge < -0.3 is 19.9 Å². The molecule has 57 heavy (non-hydrogen) atoms. The van der Waals surface area contributed by atoms with Crippen LogP contribution < -0.4 is 14.8 Å². The highest BCUT2D eigenvalue weighted by Gasteiger charge is 2.24. The van der Waals surface area contributed by atoms with Crippen LogP contribution in [0.1, 0.15) is 113 Å². The molecule has 0 spiro atoms. The first-order chi connectivity index (χ1) is 28.0. The predicted molar refractivity (Wildman–Crippen MR) is 228 cm³/mol. The smallest absolute Gasteiger partial charge is 0.259 e. The van der Waals surface area contributed by atoms with E-state index in [-0.39, 0.29) is 11.3 Å². The van der Waals surface area contributed by atoms with Gasteiger partial charge in [-0.25, -0.2) is 9.36 Å². The largest absolute Gasteiger partial charge is 0.506 e. The Bertz CT molecular complexity index is 2170. The first-order valence-electron chi connectivity index (χ1n) is 20.5. The van der Waals surface area contributed by atoms with Crippen molar-refractivity contribution in [3.8, 4) is 28.8 Å². The number of ether oxygens (including phenoxy) is 2. The summed E-state index contributed by atoms with van der Waals surface area (Å²) in [6.45, 7) is 7.50. The lowest BCUT2D eigenvalue weighted by molar-refractivity contribution is 0.102. The number of para-hydroxylation sites is 1. The Morgan fingerprint density at radius 2 is 1.46 bits per heavy atom. The maximum absolute atomic E-state index is 13.8. The van der Waals surface area contributed by atoms with Gasteiger partial charge in [0.2, 0.25) is 11.0 Å². The number of aromatic nitrogens is 6. The number of unbranched alkanes of at least 4 members (excludes halogenated alkanes) is 11. The molecule has 0 unspecified atom stereocenters. The summed E-state index contributed by atoms with van der Waals surface area (Å²) in [7, 11) is 0. The second-order valence-electron chi connectivity index (χ2n) is 14.3. The summed E-state index contributed by atoms with van der Waals surface area (Å²) >= 11 is 1.49. The standard InChI is InChI=1S/C45H55N7O4S/c1-4-6-7-8-9-10-11-12-13-14-15-21-30-55-36-28-26-34(27-29-36)46-43(54)39-31-41(37-24-19-20-25-38(37)42(39)53)56-44-40(32-57-45-47-49-50-51(45)5-2)33(3)48-52(44)35-22-17-16-18-23-35/h16-20,22-29,31,53H,4-15,21,30,32H2,1-3H3,(H,46,54). The Balaban J connectivity index is 1.11. The fourth-order valence-corrected chi connectivity index (χ4v) is 7.86. The zero-order valence-corrected chi connectivity index (χ0v) is 34.3. The van der Waals surface area contributed by atoms with Crippen molar-refractivity contribution in [3.05, 3.63) is 102 Å². The number of phenolic OH excluding ortho intramolecular Hbond substituents is 1. The van der Waals surface area contributed by atoms with Crippen LogP contribution in [0.2, 0.25) is 0 Å². The van der Waals surface area contributed by atoms with Crippen molar-refractivity contribution in [1.29, 1.82) is 0 Å². The molecule has 0 bridgehead atoms. The number of phenols is 1. The minimum atomic E-state index is -0.469. The van der Waals surface area contributed by atoms with E-state index in [4.69, 9.17) is 14.6 Å². The van der Waals surface area contributed by atoms with E-state index in [2.05, 4.69) is 27.8 Å². The van der Waals surface area contributed by atoms with E-state index < -0.39 is 5.91 Å². The van der Waals surface area contributed by atoms with Crippen LogP contribution in [0.3, 0.4) is 0 Å². The van der Waals surface area contributed by atoms with Gasteiger partial charge in [0, 0.05) is 34.3 Å². The maximum Gasteiger partial charge on any atom is 0.259 e. The minimum Gasteiger partial charge on any atom is -0.506 e. The number of aryl methyl sites for hydroxylation is 2. The molecule has 12 heteroatoms. The summed E-state index contributed by atoms with van der Waals surface area (Å²) in [6, 6.07) is 26.0. The Kier molecular flexibility index (Phi) is 15.4. The minimum absolute atomic E-state index is 0.0801. The number of carbonyl (C=O) groups is 1. The van der Waals surface area contributed by atoms with E-state index in [1.807, 2.05) is 86.6 Å². The third kappa shape index (κ3) is 11.2. The summed E-state index contributed by atoms with van der Waals surface area (Å²) in [5, 5.41) is 33.2. The number of rotatable bonds is 23. The Morgan fingerprint density at radius 3 is 2.14 bits per heavy atom. The molecule has 0 aliphatic rings. The number of amides is 1. The maximum atomic E-state index is 13.8. The van der Waals surface area contributed by atoms with E-state index in [0.29, 0.717) is 52.2 Å². The SMILES string of the molecule is CCCCCCCCCCCCCCOc1ccc(NC(=O)c2cc(Oc3c(CSc4nnnn4CC)c(C)nn3-c3ccccc3)c3ccccc3c2O)cc1. The molecule has 0 fully saturated rings. The molecule has 4 aromatic carbocycles. The van der Waals surface area contributed by atoms with Crippen molar-refractivity contribution in [1.82, 2.24) is 30.0 Å². The van der Waals surface area contributed by atoms with Crippen molar-refractivity contribution in [3.63, 3.8) is 0 Å². The molecule has 2 N–H and O–H groups in total. The number of tetrazole rings is 1. The molecule has 0 aliphatic heterocycles. The fourth-order valence-electron chi connectivity index (χ4n) is 6.84. The molecule has 0 saturated heterocycles. The van der Waals surface area contributed by atoms with Gasteiger partial charge in [0.05, 0.1) is 23.6 Å². The molecule has 2 heterocycles. The highest BCUT2D eigenvalue weighted by Crippen LogP contribution is 2.41. The second kappa shape index (κ2) is 21.2. The number of anilines is 1. The summed E-state index contributed by atoms with van der Waals surface area (Å²) in [6.07, 6.45) is 15.6. The van der Waals surface area contributed by atoms with Gasteiger partial charge in [-0.05, 0) is 73.2 Å². The van der Waals surface area contributed by atoms with E-state index in [1.165, 1.54) is 82.4 Å². The number of thioether (sulfide) groups is 1.